The van der Waals surface area contributed by atoms with Gasteiger partial charge in [-0.2, -0.15) is 0 Å². The van der Waals surface area contributed by atoms with Crippen molar-refractivity contribution in [2.24, 2.45) is 23.2 Å². The Kier molecular flexibility index (Phi) is 2.58. The van der Waals surface area contributed by atoms with E-state index in [1.807, 2.05) is 13.8 Å². The summed E-state index contributed by atoms with van der Waals surface area (Å²) in [4.78, 5) is 37.4. The Morgan fingerprint density at radius 1 is 1.35 bits per heavy atom. The second-order valence-corrected chi connectivity index (χ2v) is 6.84. The molecule has 0 aromatic rings. The van der Waals surface area contributed by atoms with Crippen LogP contribution in [0, 0.1) is 23.2 Å². The number of hydrogen-bond donors (Lipinski definition) is 2. The van der Waals surface area contributed by atoms with Crippen LogP contribution < -0.4 is 5.32 Å². The van der Waals surface area contributed by atoms with E-state index in [0.29, 0.717) is 0 Å². The highest BCUT2D eigenvalue weighted by Gasteiger charge is 2.73. The number of carboxylic acids is 1. The first-order valence-corrected chi connectivity index (χ1v) is 7.05. The van der Waals surface area contributed by atoms with Crippen LogP contribution in [-0.4, -0.2) is 46.9 Å². The van der Waals surface area contributed by atoms with Gasteiger partial charge in [0.15, 0.2) is 0 Å². The predicted octanol–water partition coefficient (Wildman–Crippen LogP) is 0.0802. The number of rotatable bonds is 5. The van der Waals surface area contributed by atoms with Crippen LogP contribution in [0.2, 0.25) is 0 Å². The van der Waals surface area contributed by atoms with E-state index in [9.17, 15) is 19.5 Å². The van der Waals surface area contributed by atoms with E-state index in [0.717, 1.165) is 12.8 Å². The summed E-state index contributed by atoms with van der Waals surface area (Å²) in [6.45, 7) is 3.78. The molecule has 1 heterocycles. The van der Waals surface area contributed by atoms with Gasteiger partial charge in [-0.25, -0.2) is 0 Å². The van der Waals surface area contributed by atoms with E-state index in [2.05, 4.69) is 5.32 Å². The molecule has 0 aromatic heterocycles. The molecule has 0 aromatic carbocycles. The molecule has 1 saturated heterocycles. The van der Waals surface area contributed by atoms with Gasteiger partial charge < -0.3 is 10.4 Å². The van der Waals surface area contributed by atoms with Crippen molar-refractivity contribution in [3.8, 4) is 0 Å². The maximum absolute atomic E-state index is 12.3. The number of imide groups is 1. The molecule has 110 valence electrons. The number of piperidine rings is 1. The van der Waals surface area contributed by atoms with Crippen LogP contribution in [0.4, 0.5) is 0 Å². The van der Waals surface area contributed by atoms with Crippen LogP contribution in [0.5, 0.6) is 0 Å². The van der Waals surface area contributed by atoms with Crippen molar-refractivity contribution in [3.05, 3.63) is 0 Å². The standard InChI is InChI=1S/C14H20N2O4/c1-13(2)8-9(13)11(18)16(10(8)17)6-14(15-3,12(19)20)7-4-5-7/h7-9,15H,4-6H2,1-3H3,(H,19,20). The van der Waals surface area contributed by atoms with Crippen LogP contribution in [0.15, 0.2) is 0 Å². The highest BCUT2D eigenvalue weighted by molar-refractivity contribution is 6.10. The van der Waals surface area contributed by atoms with Crippen molar-refractivity contribution < 1.29 is 19.5 Å². The molecule has 6 nitrogen and oxygen atoms in total. The van der Waals surface area contributed by atoms with Crippen LogP contribution in [0.1, 0.15) is 26.7 Å². The maximum Gasteiger partial charge on any atom is 0.326 e. The third-order valence-corrected chi connectivity index (χ3v) is 5.40. The van der Waals surface area contributed by atoms with Gasteiger partial charge in [-0.3, -0.25) is 19.3 Å². The van der Waals surface area contributed by atoms with Gasteiger partial charge in [0.1, 0.15) is 5.54 Å². The number of nitrogens with one attached hydrogen (secondary N) is 1. The van der Waals surface area contributed by atoms with Crippen molar-refractivity contribution in [2.75, 3.05) is 13.6 Å². The van der Waals surface area contributed by atoms with Gasteiger partial charge in [-0.1, -0.05) is 13.8 Å². The Bertz CT molecular complexity index is 487. The number of likely N-dealkylation sites (tertiary alicyclic amines) is 1. The molecule has 0 spiro atoms. The SMILES string of the molecule is CNC(CN1C(=O)C2C(C1=O)C2(C)C)(C(=O)O)C1CC1. The van der Waals surface area contributed by atoms with Gasteiger partial charge in [0, 0.05) is 0 Å². The summed E-state index contributed by atoms with van der Waals surface area (Å²) in [5.41, 5.74) is -1.44. The van der Waals surface area contributed by atoms with Crippen LogP contribution in [0.3, 0.4) is 0 Å². The van der Waals surface area contributed by atoms with E-state index < -0.39 is 11.5 Å². The zero-order valence-corrected chi connectivity index (χ0v) is 12.0. The molecule has 3 fully saturated rings. The molecule has 2 saturated carbocycles. The van der Waals surface area contributed by atoms with Crippen molar-refractivity contribution in [3.63, 3.8) is 0 Å². The van der Waals surface area contributed by atoms with Crippen molar-refractivity contribution in [1.29, 1.82) is 0 Å². The van der Waals surface area contributed by atoms with E-state index in [4.69, 9.17) is 0 Å². The Hall–Kier alpha value is -1.43. The molecule has 0 radical (unpaired) electrons. The summed E-state index contributed by atoms with van der Waals surface area (Å²) in [5, 5.41) is 12.4. The summed E-state index contributed by atoms with van der Waals surface area (Å²) in [5.74, 6) is -1.90. The van der Waals surface area contributed by atoms with Crippen LogP contribution in [-0.2, 0) is 14.4 Å². The van der Waals surface area contributed by atoms with Gasteiger partial charge in [0.25, 0.3) is 0 Å². The number of nitrogens with zero attached hydrogens (tertiary/aromatic N) is 1. The van der Waals surface area contributed by atoms with Gasteiger partial charge in [0.2, 0.25) is 11.8 Å². The summed E-state index contributed by atoms with van der Waals surface area (Å²) >= 11 is 0. The lowest BCUT2D eigenvalue weighted by atomic mass is 9.92. The summed E-state index contributed by atoms with van der Waals surface area (Å²) in [6, 6.07) is 0. The largest absolute Gasteiger partial charge is 0.480 e. The smallest absolute Gasteiger partial charge is 0.326 e. The maximum atomic E-state index is 12.3. The number of likely N-dealkylation sites (N-methyl/N-ethyl adjacent to an activating group) is 1. The highest BCUT2D eigenvalue weighted by atomic mass is 16.4. The fraction of sp³-hybridized carbons (Fsp3) is 0.786. The van der Waals surface area contributed by atoms with Gasteiger partial charge in [-0.05, 0) is 31.2 Å². The molecule has 6 heteroatoms. The molecule has 1 aliphatic heterocycles. The van der Waals surface area contributed by atoms with E-state index in [1.54, 1.807) is 7.05 Å². The molecule has 3 atom stereocenters. The lowest BCUT2D eigenvalue weighted by Crippen LogP contribution is -2.61. The Morgan fingerprint density at radius 2 is 1.85 bits per heavy atom. The van der Waals surface area contributed by atoms with Crippen molar-refractivity contribution in [2.45, 2.75) is 32.2 Å². The number of carbonyl (C=O) groups is 3. The number of hydrogen-bond acceptors (Lipinski definition) is 4. The minimum atomic E-state index is -1.19. The first kappa shape index (κ1) is 13.5. The topological polar surface area (TPSA) is 86.7 Å². The summed E-state index contributed by atoms with van der Waals surface area (Å²) < 4.78 is 0. The van der Waals surface area contributed by atoms with Gasteiger partial charge in [-0.15, -0.1) is 0 Å². The van der Waals surface area contributed by atoms with E-state index in [-0.39, 0.29) is 41.5 Å². The minimum Gasteiger partial charge on any atom is -0.480 e. The third-order valence-electron chi connectivity index (χ3n) is 5.40. The monoisotopic (exact) mass is 280 g/mol. The Labute approximate surface area is 117 Å². The molecule has 3 aliphatic rings. The van der Waals surface area contributed by atoms with Gasteiger partial charge >= 0.3 is 5.97 Å². The molecule has 3 unspecified atom stereocenters. The predicted molar refractivity (Wildman–Crippen MR) is 69.6 cm³/mol. The van der Waals surface area contributed by atoms with Crippen LogP contribution >= 0.6 is 0 Å². The average Bonchev–Trinajstić information content (AvgIpc) is 3.24. The van der Waals surface area contributed by atoms with E-state index in [1.165, 1.54) is 4.90 Å². The molecular formula is C14H20N2O4. The molecule has 0 bridgehead atoms. The molecule has 3 rings (SSSR count). The molecule has 2 aliphatic carbocycles. The Balaban J connectivity index is 1.83. The molecule has 2 amide bonds. The quantitative estimate of drug-likeness (QED) is 0.696. The number of amides is 2. The molecular weight excluding hydrogens is 260 g/mol. The number of fused-ring (bicyclic) bond motifs is 1. The normalized spacial score (nSPS) is 33.9. The van der Waals surface area contributed by atoms with Crippen molar-refractivity contribution >= 4 is 17.8 Å². The fourth-order valence-electron chi connectivity index (χ4n) is 3.75. The second kappa shape index (κ2) is 3.81. The number of carboxylic acid groups (broad SMARTS) is 1. The zero-order valence-electron chi connectivity index (χ0n) is 12.0. The molecule has 20 heavy (non-hydrogen) atoms. The van der Waals surface area contributed by atoms with E-state index >= 15 is 0 Å². The molecule has 2 N–H and O–H groups in total. The second-order valence-electron chi connectivity index (χ2n) is 6.84. The summed E-state index contributed by atoms with van der Waals surface area (Å²) in [6.07, 6.45) is 1.64. The average molecular weight is 280 g/mol. The first-order valence-electron chi connectivity index (χ1n) is 7.05. The number of aliphatic carboxylic acids is 1. The lowest BCUT2D eigenvalue weighted by molar-refractivity contribution is -0.151. The fourth-order valence-corrected chi connectivity index (χ4v) is 3.75. The highest BCUT2D eigenvalue weighted by Crippen LogP contribution is 2.63. The van der Waals surface area contributed by atoms with Crippen molar-refractivity contribution in [1.82, 2.24) is 10.2 Å². The lowest BCUT2D eigenvalue weighted by Gasteiger charge is -2.34. The Morgan fingerprint density at radius 3 is 2.20 bits per heavy atom. The number of carbonyl (C=O) groups excluding carboxylic acids is 2. The zero-order chi connectivity index (χ0) is 14.9. The minimum absolute atomic E-state index is 0.00413. The van der Waals surface area contributed by atoms with Gasteiger partial charge in [0.05, 0.1) is 18.4 Å². The summed E-state index contributed by atoms with van der Waals surface area (Å²) in [7, 11) is 1.59. The van der Waals surface area contributed by atoms with Crippen LogP contribution in [0.25, 0.3) is 0 Å². The third kappa shape index (κ3) is 1.51. The first-order chi connectivity index (χ1) is 9.27.